The van der Waals surface area contributed by atoms with Crippen LogP contribution in [0.2, 0.25) is 10.0 Å². The number of Topliss-reactive ketones (excluding diaryl/α,β-unsaturated/α-hetero) is 1. The minimum Gasteiger partial charge on any atom is -0.507 e. The second-order valence-corrected chi connectivity index (χ2v) is 13.5. The Morgan fingerprint density at radius 1 is 0.958 bits per heavy atom. The molecule has 1 amide bonds. The summed E-state index contributed by atoms with van der Waals surface area (Å²) in [6.45, 7) is 2.43. The Hall–Kier alpha value is -4.42. The monoisotopic (exact) mass is 721 g/mol. The van der Waals surface area contributed by atoms with Gasteiger partial charge in [-0.25, -0.2) is 4.39 Å². The van der Waals surface area contributed by atoms with Crippen LogP contribution in [0.3, 0.4) is 0 Å². The van der Waals surface area contributed by atoms with Crippen LogP contribution >= 0.6 is 46.3 Å². The van der Waals surface area contributed by atoms with Gasteiger partial charge in [0.15, 0.2) is 15.8 Å². The van der Waals surface area contributed by atoms with Crippen LogP contribution in [0.15, 0.2) is 101 Å². The molecule has 1 aliphatic heterocycles. The lowest BCUT2D eigenvalue weighted by Crippen LogP contribution is -2.29. The van der Waals surface area contributed by atoms with Crippen molar-refractivity contribution < 1.29 is 28.6 Å². The molecule has 1 saturated heterocycles. The van der Waals surface area contributed by atoms with Gasteiger partial charge in [-0.3, -0.25) is 14.5 Å². The maximum Gasteiger partial charge on any atom is 0.301 e. The number of benzene rings is 4. The van der Waals surface area contributed by atoms with Crippen molar-refractivity contribution in [1.29, 1.82) is 0 Å². The first kappa shape index (κ1) is 33.5. The van der Waals surface area contributed by atoms with Gasteiger partial charge in [0.2, 0.25) is 5.13 Å². The summed E-state index contributed by atoms with van der Waals surface area (Å²) < 4.78 is 26.3. The minimum absolute atomic E-state index is 0.146. The van der Waals surface area contributed by atoms with Crippen molar-refractivity contribution in [3.05, 3.63) is 135 Å². The van der Waals surface area contributed by atoms with Crippen LogP contribution in [0.5, 0.6) is 11.5 Å². The average Bonchev–Trinajstić information content (AvgIpc) is 3.66. The molecule has 0 saturated carbocycles. The summed E-state index contributed by atoms with van der Waals surface area (Å²) in [6, 6.07) is 23.8. The van der Waals surface area contributed by atoms with E-state index in [9.17, 15) is 19.1 Å². The Bertz CT molecular complexity index is 2010. The summed E-state index contributed by atoms with van der Waals surface area (Å²) >= 11 is 14.8. The van der Waals surface area contributed by atoms with E-state index < -0.39 is 29.3 Å². The summed E-state index contributed by atoms with van der Waals surface area (Å²) in [5.41, 5.74) is 2.22. The van der Waals surface area contributed by atoms with Gasteiger partial charge in [0.25, 0.3) is 5.78 Å². The van der Waals surface area contributed by atoms with Gasteiger partial charge in [0.05, 0.1) is 18.2 Å². The molecule has 1 N–H and O–H groups in total. The second kappa shape index (κ2) is 14.8. The van der Waals surface area contributed by atoms with Crippen molar-refractivity contribution in [3.8, 4) is 11.5 Å². The minimum atomic E-state index is -1.12. The number of hydrogen-bond donors (Lipinski definition) is 1. The Balaban J connectivity index is 1.39. The first-order valence-corrected chi connectivity index (χ1v) is 17.2. The van der Waals surface area contributed by atoms with Gasteiger partial charge in [0.1, 0.15) is 18.2 Å². The zero-order valence-corrected chi connectivity index (χ0v) is 28.4. The number of anilines is 1. The van der Waals surface area contributed by atoms with E-state index in [1.54, 1.807) is 30.3 Å². The third-order valence-electron chi connectivity index (χ3n) is 7.35. The lowest BCUT2D eigenvalue weighted by molar-refractivity contribution is -0.132. The van der Waals surface area contributed by atoms with E-state index >= 15 is 0 Å². The molecule has 48 heavy (non-hydrogen) atoms. The number of aliphatic hydroxyl groups excluding tert-OH is 1. The molecular formula is C35H26Cl2FN3O5S2. The highest BCUT2D eigenvalue weighted by molar-refractivity contribution is 8.00. The van der Waals surface area contributed by atoms with E-state index in [2.05, 4.69) is 10.2 Å². The molecular weight excluding hydrogens is 696 g/mol. The summed E-state index contributed by atoms with van der Waals surface area (Å²) in [4.78, 5) is 28.6. The molecule has 1 aliphatic rings. The lowest BCUT2D eigenvalue weighted by atomic mass is 9.95. The topological polar surface area (TPSA) is 102 Å². The smallest absolute Gasteiger partial charge is 0.301 e. The fourth-order valence-corrected chi connectivity index (χ4v) is 7.49. The summed E-state index contributed by atoms with van der Waals surface area (Å²) in [7, 11) is 0. The van der Waals surface area contributed by atoms with Crippen molar-refractivity contribution in [2.45, 2.75) is 29.7 Å². The van der Waals surface area contributed by atoms with E-state index in [-0.39, 0.29) is 22.9 Å². The average molecular weight is 723 g/mol. The van der Waals surface area contributed by atoms with Gasteiger partial charge in [0, 0.05) is 21.4 Å². The molecule has 0 bridgehead atoms. The Kier molecular flexibility index (Phi) is 10.3. The predicted octanol–water partition coefficient (Wildman–Crippen LogP) is 8.88. The van der Waals surface area contributed by atoms with Gasteiger partial charge in [-0.2, -0.15) is 0 Å². The number of ether oxygens (including phenoxy) is 2. The SMILES string of the molecule is CCOc1cc(C2/C(=C(\O)c3ccc(F)cc3)C(=O)C(=O)N2c2nnc(SCc3ccc(Cl)cc3Cl)s2)ccc1OCc1ccccc1. The fourth-order valence-electron chi connectivity index (χ4n) is 5.06. The molecule has 244 valence electrons. The molecule has 0 aliphatic carbocycles. The van der Waals surface area contributed by atoms with Crippen molar-refractivity contribution in [3.63, 3.8) is 0 Å². The number of hydrogen-bond acceptors (Lipinski definition) is 9. The van der Waals surface area contributed by atoms with E-state index in [1.165, 1.54) is 28.8 Å². The molecule has 1 fully saturated rings. The molecule has 13 heteroatoms. The fraction of sp³-hybridized carbons (Fsp3) is 0.143. The predicted molar refractivity (Wildman–Crippen MR) is 185 cm³/mol. The number of carbonyl (C=O) groups is 2. The second-order valence-electron chi connectivity index (χ2n) is 10.5. The molecule has 0 spiro atoms. The number of aliphatic hydroxyl groups is 1. The van der Waals surface area contributed by atoms with Crippen LogP contribution in [-0.2, 0) is 21.9 Å². The molecule has 8 nitrogen and oxygen atoms in total. The zero-order chi connectivity index (χ0) is 33.8. The van der Waals surface area contributed by atoms with E-state index in [0.717, 1.165) is 34.6 Å². The maximum atomic E-state index is 13.7. The summed E-state index contributed by atoms with van der Waals surface area (Å²) in [5, 5.41) is 21.1. The quantitative estimate of drug-likeness (QED) is 0.0475. The number of amides is 1. The molecule has 2 heterocycles. The third-order valence-corrected chi connectivity index (χ3v) is 10.0. The molecule has 1 atom stereocenters. The molecule has 6 rings (SSSR count). The van der Waals surface area contributed by atoms with Crippen molar-refractivity contribution >= 4 is 68.9 Å². The molecule has 1 aromatic heterocycles. The maximum absolute atomic E-state index is 13.7. The molecule has 5 aromatic rings. The van der Waals surface area contributed by atoms with Crippen molar-refractivity contribution in [2.24, 2.45) is 0 Å². The normalized spacial score (nSPS) is 15.6. The standard InChI is InChI=1S/C35H26Cl2FN3O5S2/c1-2-45-28-16-22(11-15-27(28)46-18-20-6-4-3-5-7-20)30-29(31(42)21-9-13-25(38)14-10-21)32(43)33(44)41(30)34-39-40-35(48-34)47-19-23-8-12-24(36)17-26(23)37/h3-17,30,42H,2,18-19H2,1H3/b31-29+. The van der Waals surface area contributed by atoms with Gasteiger partial charge >= 0.3 is 5.91 Å². The summed E-state index contributed by atoms with van der Waals surface area (Å²) in [5.74, 6) is -1.52. The summed E-state index contributed by atoms with van der Waals surface area (Å²) in [6.07, 6.45) is 0. The Labute approximate surface area is 293 Å². The Morgan fingerprint density at radius 3 is 2.46 bits per heavy atom. The van der Waals surface area contributed by atoms with Crippen LogP contribution in [-0.4, -0.2) is 33.6 Å². The van der Waals surface area contributed by atoms with Crippen molar-refractivity contribution in [2.75, 3.05) is 11.5 Å². The van der Waals surface area contributed by atoms with Crippen LogP contribution in [0.4, 0.5) is 9.52 Å². The number of ketones is 1. The van der Waals surface area contributed by atoms with Gasteiger partial charge < -0.3 is 14.6 Å². The first-order valence-electron chi connectivity index (χ1n) is 14.6. The third kappa shape index (κ3) is 7.19. The molecule has 0 radical (unpaired) electrons. The molecule has 1 unspecified atom stereocenters. The highest BCUT2D eigenvalue weighted by Gasteiger charge is 2.48. The van der Waals surface area contributed by atoms with Gasteiger partial charge in [-0.15, -0.1) is 10.2 Å². The van der Waals surface area contributed by atoms with Gasteiger partial charge in [-0.1, -0.05) is 88.8 Å². The van der Waals surface area contributed by atoms with Crippen LogP contribution < -0.4 is 14.4 Å². The Morgan fingerprint density at radius 2 is 1.73 bits per heavy atom. The number of thioether (sulfide) groups is 1. The lowest BCUT2D eigenvalue weighted by Gasteiger charge is -2.23. The number of nitrogens with zero attached hydrogens (tertiary/aromatic N) is 3. The van der Waals surface area contributed by atoms with Crippen LogP contribution in [0.25, 0.3) is 5.76 Å². The highest BCUT2D eigenvalue weighted by atomic mass is 35.5. The van der Waals surface area contributed by atoms with Crippen LogP contribution in [0.1, 0.15) is 35.2 Å². The largest absolute Gasteiger partial charge is 0.507 e. The number of rotatable bonds is 11. The number of halogens is 3. The number of carbonyl (C=O) groups excluding carboxylic acids is 2. The highest BCUT2D eigenvalue weighted by Crippen LogP contribution is 2.46. The first-order chi connectivity index (χ1) is 23.2. The zero-order valence-electron chi connectivity index (χ0n) is 25.2. The molecule has 4 aromatic carbocycles. The van der Waals surface area contributed by atoms with Crippen molar-refractivity contribution in [1.82, 2.24) is 10.2 Å². The van der Waals surface area contributed by atoms with E-state index in [0.29, 0.717) is 43.8 Å². The van der Waals surface area contributed by atoms with E-state index in [1.807, 2.05) is 43.3 Å². The van der Waals surface area contributed by atoms with Crippen LogP contribution in [0, 0.1) is 5.82 Å². The van der Waals surface area contributed by atoms with Gasteiger partial charge in [-0.05, 0) is 72.1 Å². The van der Waals surface area contributed by atoms with E-state index in [4.69, 9.17) is 32.7 Å². The number of aromatic nitrogens is 2.